The van der Waals surface area contributed by atoms with Crippen LogP contribution in [-0.4, -0.2) is 61.5 Å². The lowest BCUT2D eigenvalue weighted by atomic mass is 9.77. The molecule has 2 aromatic heterocycles. The summed E-state index contributed by atoms with van der Waals surface area (Å²) < 4.78 is 1.90. The largest absolute Gasteiger partial charge is 0.473 e. The molecular formula is C24H30N4O6S. The number of hydrogen-bond donors (Lipinski definition) is 3. The molecule has 0 radical (unpaired) electrons. The lowest BCUT2D eigenvalue weighted by molar-refractivity contribution is -0.159. The Labute approximate surface area is 207 Å². The van der Waals surface area contributed by atoms with Crippen molar-refractivity contribution in [3.63, 3.8) is 0 Å². The van der Waals surface area contributed by atoms with Crippen LogP contribution in [0.5, 0.6) is 0 Å². The maximum absolute atomic E-state index is 13.2. The van der Waals surface area contributed by atoms with E-state index in [0.717, 1.165) is 41.9 Å². The van der Waals surface area contributed by atoms with E-state index in [2.05, 4.69) is 29.4 Å². The van der Waals surface area contributed by atoms with Gasteiger partial charge in [0.05, 0.1) is 17.7 Å². The van der Waals surface area contributed by atoms with Crippen LogP contribution in [0.3, 0.4) is 0 Å². The first-order valence-electron chi connectivity index (χ1n) is 11.4. The first-order chi connectivity index (χ1) is 16.6. The average molecular weight is 503 g/mol. The van der Waals surface area contributed by atoms with Crippen LogP contribution in [0.2, 0.25) is 0 Å². The van der Waals surface area contributed by atoms with Crippen molar-refractivity contribution in [2.45, 2.75) is 45.6 Å². The fraction of sp³-hybridized carbons (Fsp3) is 0.458. The minimum Gasteiger partial charge on any atom is -0.473 e. The van der Waals surface area contributed by atoms with E-state index in [4.69, 9.17) is 19.8 Å². The summed E-state index contributed by atoms with van der Waals surface area (Å²) in [5.41, 5.74) is 1.72. The van der Waals surface area contributed by atoms with E-state index >= 15 is 0 Å². The van der Waals surface area contributed by atoms with Crippen molar-refractivity contribution >= 4 is 35.1 Å². The second-order valence-electron chi connectivity index (χ2n) is 8.83. The highest BCUT2D eigenvalue weighted by atomic mass is 32.1. The van der Waals surface area contributed by atoms with Crippen LogP contribution in [0, 0.1) is 5.41 Å². The summed E-state index contributed by atoms with van der Waals surface area (Å²) in [7, 11) is 1.90. The topological polar surface area (TPSA) is 142 Å². The Hall–Kier alpha value is -3.47. The summed E-state index contributed by atoms with van der Waals surface area (Å²) in [6.07, 6.45) is 8.44. The summed E-state index contributed by atoms with van der Waals surface area (Å²) in [5.74, 6) is -3.09. The molecule has 1 aliphatic heterocycles. The Morgan fingerprint density at radius 3 is 2.46 bits per heavy atom. The molecule has 0 spiro atoms. The third kappa shape index (κ3) is 6.36. The third-order valence-electron chi connectivity index (χ3n) is 6.32. The van der Waals surface area contributed by atoms with Crippen LogP contribution >= 0.6 is 11.3 Å². The highest BCUT2D eigenvalue weighted by Crippen LogP contribution is 2.34. The number of thiophene rings is 1. The predicted molar refractivity (Wildman–Crippen MR) is 129 cm³/mol. The minimum absolute atomic E-state index is 0.150. The molecule has 10 nitrogen and oxygen atoms in total. The monoisotopic (exact) mass is 502 g/mol. The molecule has 1 unspecified atom stereocenters. The van der Waals surface area contributed by atoms with Gasteiger partial charge in [-0.1, -0.05) is 25.1 Å². The van der Waals surface area contributed by atoms with Crippen LogP contribution in [0.15, 0.2) is 29.7 Å². The van der Waals surface area contributed by atoms with Crippen LogP contribution in [0.4, 0.5) is 0 Å². The van der Waals surface area contributed by atoms with Crippen molar-refractivity contribution in [2.75, 3.05) is 13.1 Å². The number of aromatic nitrogens is 2. The highest BCUT2D eigenvalue weighted by molar-refractivity contribution is 7.09. The number of carboxylic acids is 2. The number of carbonyl (C=O) groups is 4. The number of allylic oxidation sites excluding steroid dienone is 2. The molecule has 1 atom stereocenters. The summed E-state index contributed by atoms with van der Waals surface area (Å²) >= 11 is 1.63. The van der Waals surface area contributed by atoms with Gasteiger partial charge in [0.15, 0.2) is 5.82 Å². The maximum atomic E-state index is 13.2. The molecule has 2 aliphatic rings. The quantitative estimate of drug-likeness (QED) is 0.430. The zero-order valence-corrected chi connectivity index (χ0v) is 20.6. The molecule has 3 heterocycles. The van der Waals surface area contributed by atoms with Gasteiger partial charge in [-0.05, 0) is 30.7 Å². The number of imidazole rings is 1. The number of nitrogens with zero attached hydrogens (tertiary/aromatic N) is 3. The zero-order valence-electron chi connectivity index (χ0n) is 19.8. The Kier molecular flexibility index (Phi) is 8.44. The van der Waals surface area contributed by atoms with Crippen molar-refractivity contribution in [3.05, 3.63) is 51.8 Å². The van der Waals surface area contributed by atoms with Gasteiger partial charge < -0.3 is 25.0 Å². The normalized spacial score (nSPS) is 19.1. The van der Waals surface area contributed by atoms with Crippen LogP contribution in [0.25, 0.3) is 0 Å². The van der Waals surface area contributed by atoms with Crippen LogP contribution < -0.4 is 5.32 Å². The lowest BCUT2D eigenvalue weighted by Crippen LogP contribution is -2.44. The first-order valence-corrected chi connectivity index (χ1v) is 12.3. The Morgan fingerprint density at radius 1 is 1.14 bits per heavy atom. The molecule has 11 heteroatoms. The molecule has 0 saturated heterocycles. The van der Waals surface area contributed by atoms with Gasteiger partial charge in [-0.25, -0.2) is 14.6 Å². The van der Waals surface area contributed by atoms with Crippen LogP contribution in [-0.2, 0) is 40.8 Å². The SMILES string of the molecule is Cn1c(C(=O)NCc2cccs2)nc2c1CCN(C(=O)C1(C)CC=CCC1)CC2.O=C(O)C(=O)O. The summed E-state index contributed by atoms with van der Waals surface area (Å²) in [5, 5.41) is 19.7. The second-order valence-corrected chi connectivity index (χ2v) is 9.86. The van der Waals surface area contributed by atoms with Gasteiger partial charge in [-0.2, -0.15) is 0 Å². The number of nitrogens with one attached hydrogen (secondary N) is 1. The van der Waals surface area contributed by atoms with Gasteiger partial charge in [-0.15, -0.1) is 11.3 Å². The molecule has 1 aliphatic carbocycles. The fourth-order valence-corrected chi connectivity index (χ4v) is 4.95. The standard InChI is InChI=1S/C22H28N4O2S.C2H2O4/c1-22(10-4-3-5-11-22)21(28)26-12-8-17-18(9-13-26)25(2)19(24-17)20(27)23-15-16-7-6-14-29-16;3-1(4)2(5)6/h3-4,6-7,14H,5,8-13,15H2,1-2H3,(H,23,27);(H,3,4)(H,5,6). The molecule has 35 heavy (non-hydrogen) atoms. The number of fused-ring (bicyclic) bond motifs is 1. The molecule has 188 valence electrons. The minimum atomic E-state index is -1.82. The Bertz CT molecular complexity index is 1110. The molecule has 2 amide bonds. The van der Waals surface area contributed by atoms with Crippen molar-refractivity contribution in [3.8, 4) is 0 Å². The van der Waals surface area contributed by atoms with Crippen molar-refractivity contribution in [1.29, 1.82) is 0 Å². The number of aliphatic carboxylic acids is 2. The Morgan fingerprint density at radius 2 is 1.86 bits per heavy atom. The molecule has 0 fully saturated rings. The predicted octanol–water partition coefficient (Wildman–Crippen LogP) is 2.24. The average Bonchev–Trinajstić information content (AvgIpc) is 3.40. The highest BCUT2D eigenvalue weighted by Gasteiger charge is 2.37. The van der Waals surface area contributed by atoms with Crippen molar-refractivity contribution < 1.29 is 29.4 Å². The molecule has 3 N–H and O–H groups in total. The lowest BCUT2D eigenvalue weighted by Gasteiger charge is -2.35. The van der Waals surface area contributed by atoms with Gasteiger partial charge in [0.1, 0.15) is 0 Å². The van der Waals surface area contributed by atoms with E-state index in [1.807, 2.05) is 34.0 Å². The van der Waals surface area contributed by atoms with Crippen LogP contribution in [0.1, 0.15) is 53.1 Å². The van der Waals surface area contributed by atoms with E-state index in [1.165, 1.54) is 0 Å². The van der Waals surface area contributed by atoms with Gasteiger partial charge >= 0.3 is 11.9 Å². The first kappa shape index (κ1) is 26.1. The smallest absolute Gasteiger partial charge is 0.414 e. The van der Waals surface area contributed by atoms with Gasteiger partial charge in [0.25, 0.3) is 5.91 Å². The van der Waals surface area contributed by atoms with Gasteiger partial charge in [-0.3, -0.25) is 9.59 Å². The molecular weight excluding hydrogens is 472 g/mol. The maximum Gasteiger partial charge on any atom is 0.414 e. The molecule has 2 aromatic rings. The van der Waals surface area contributed by atoms with E-state index < -0.39 is 11.9 Å². The summed E-state index contributed by atoms with van der Waals surface area (Å²) in [6.45, 7) is 3.95. The molecule has 0 bridgehead atoms. The molecule has 4 rings (SSSR count). The number of carboxylic acid groups (broad SMARTS) is 2. The van der Waals surface area contributed by atoms with E-state index in [1.54, 1.807) is 11.3 Å². The zero-order chi connectivity index (χ0) is 25.6. The number of rotatable bonds is 4. The van der Waals surface area contributed by atoms with E-state index in [0.29, 0.717) is 31.9 Å². The second kappa shape index (κ2) is 11.3. The van der Waals surface area contributed by atoms with Gasteiger partial charge in [0, 0.05) is 43.5 Å². The number of hydrogen-bond acceptors (Lipinski definition) is 6. The number of amides is 2. The molecule has 0 aromatic carbocycles. The third-order valence-corrected chi connectivity index (χ3v) is 7.20. The van der Waals surface area contributed by atoms with Gasteiger partial charge in [0.2, 0.25) is 5.91 Å². The van der Waals surface area contributed by atoms with E-state index in [9.17, 15) is 9.59 Å². The number of carbonyl (C=O) groups excluding carboxylic acids is 2. The van der Waals surface area contributed by atoms with E-state index in [-0.39, 0.29) is 17.2 Å². The van der Waals surface area contributed by atoms with Crippen molar-refractivity contribution in [2.24, 2.45) is 12.5 Å². The fourth-order valence-electron chi connectivity index (χ4n) is 4.30. The van der Waals surface area contributed by atoms with Crippen molar-refractivity contribution in [1.82, 2.24) is 19.8 Å². The molecule has 0 saturated carbocycles. The summed E-state index contributed by atoms with van der Waals surface area (Å²) in [6, 6.07) is 3.99. The summed E-state index contributed by atoms with van der Waals surface area (Å²) in [4.78, 5) is 51.7. The Balaban J connectivity index is 0.000000509.